The molecule has 0 spiro atoms. The monoisotopic (exact) mass is 450 g/mol. The molecule has 0 bridgehead atoms. The lowest BCUT2D eigenvalue weighted by Crippen LogP contribution is -2.40. The van der Waals surface area contributed by atoms with Crippen molar-refractivity contribution in [3.63, 3.8) is 0 Å². The van der Waals surface area contributed by atoms with Crippen molar-refractivity contribution in [1.82, 2.24) is 14.3 Å². The van der Waals surface area contributed by atoms with E-state index in [0.29, 0.717) is 12.5 Å². The van der Waals surface area contributed by atoms with Crippen LogP contribution in [0.4, 0.5) is 4.79 Å². The summed E-state index contributed by atoms with van der Waals surface area (Å²) in [5.74, 6) is 0.331. The van der Waals surface area contributed by atoms with Gasteiger partial charge in [-0.1, -0.05) is 38.1 Å². The van der Waals surface area contributed by atoms with Crippen molar-refractivity contribution in [3.8, 4) is 11.3 Å². The van der Waals surface area contributed by atoms with Gasteiger partial charge in [0.15, 0.2) is 4.96 Å². The van der Waals surface area contributed by atoms with Crippen molar-refractivity contribution in [2.75, 3.05) is 13.2 Å². The number of aliphatic imine (C=N–C) groups is 1. The molecule has 0 N–H and O–H groups in total. The first kappa shape index (κ1) is 22.3. The number of hydrogen-bond donors (Lipinski definition) is 0. The third kappa shape index (κ3) is 4.93. The van der Waals surface area contributed by atoms with Crippen molar-refractivity contribution in [2.45, 2.75) is 46.6 Å². The second-order valence-corrected chi connectivity index (χ2v) is 9.57. The number of carbonyl (C=O) groups excluding carboxylic acids is 1. The van der Waals surface area contributed by atoms with Crippen LogP contribution in [0.5, 0.6) is 0 Å². The zero-order chi connectivity index (χ0) is 22.7. The van der Waals surface area contributed by atoms with E-state index in [0.717, 1.165) is 52.5 Å². The van der Waals surface area contributed by atoms with Crippen LogP contribution in [0, 0.1) is 5.92 Å². The van der Waals surface area contributed by atoms with Crippen molar-refractivity contribution < 1.29 is 9.53 Å². The molecule has 0 radical (unpaired) electrons. The molecule has 0 aliphatic carbocycles. The molecular formula is C25H30N4O2S. The van der Waals surface area contributed by atoms with Gasteiger partial charge in [-0.05, 0) is 43.7 Å². The van der Waals surface area contributed by atoms with E-state index in [1.807, 2.05) is 47.8 Å². The van der Waals surface area contributed by atoms with E-state index >= 15 is 0 Å². The van der Waals surface area contributed by atoms with Gasteiger partial charge in [-0.15, -0.1) is 11.3 Å². The van der Waals surface area contributed by atoms with Gasteiger partial charge >= 0.3 is 6.09 Å². The summed E-state index contributed by atoms with van der Waals surface area (Å²) in [5, 5.41) is 2.03. The van der Waals surface area contributed by atoms with Gasteiger partial charge in [0, 0.05) is 41.8 Å². The molecule has 1 aliphatic heterocycles. The lowest BCUT2D eigenvalue weighted by atomic mass is 10.0. The van der Waals surface area contributed by atoms with Gasteiger partial charge < -0.3 is 4.74 Å². The van der Waals surface area contributed by atoms with Crippen LogP contribution in [0.3, 0.4) is 0 Å². The SMILES string of the molecule is CC(=N/C=C(\C)c1ccc(-c2cn3ccsc3n2)cc1)C1CCCN1C(=O)OCC(C)C. The minimum absolute atomic E-state index is 0.0101. The summed E-state index contributed by atoms with van der Waals surface area (Å²) in [5.41, 5.74) is 5.21. The smallest absolute Gasteiger partial charge is 0.410 e. The molecule has 4 rings (SSSR count). The number of benzene rings is 1. The first-order valence-electron chi connectivity index (χ1n) is 11.1. The average molecular weight is 451 g/mol. The lowest BCUT2D eigenvalue weighted by Gasteiger charge is -2.24. The molecule has 1 atom stereocenters. The van der Waals surface area contributed by atoms with Gasteiger partial charge in [-0.25, -0.2) is 9.78 Å². The number of aromatic nitrogens is 2. The van der Waals surface area contributed by atoms with Crippen molar-refractivity contribution in [1.29, 1.82) is 0 Å². The first-order chi connectivity index (χ1) is 15.4. The second kappa shape index (κ2) is 9.69. The molecule has 1 fully saturated rings. The zero-order valence-electron chi connectivity index (χ0n) is 19.1. The number of likely N-dealkylation sites (tertiary alicyclic amines) is 1. The first-order valence-corrected chi connectivity index (χ1v) is 12.0. The van der Waals surface area contributed by atoms with Crippen molar-refractivity contribution >= 4 is 33.7 Å². The molecule has 6 nitrogen and oxygen atoms in total. The van der Waals surface area contributed by atoms with Gasteiger partial charge in [0.25, 0.3) is 0 Å². The summed E-state index contributed by atoms with van der Waals surface area (Å²) in [4.78, 5) is 24.6. The Labute approximate surface area is 193 Å². The number of ether oxygens (including phenoxy) is 1. The van der Waals surface area contributed by atoms with Gasteiger partial charge in [0.1, 0.15) is 0 Å². The Kier molecular flexibility index (Phi) is 6.74. The van der Waals surface area contributed by atoms with Gasteiger partial charge in [0.2, 0.25) is 0 Å². The van der Waals surface area contributed by atoms with Crippen LogP contribution in [-0.4, -0.2) is 45.3 Å². The van der Waals surface area contributed by atoms with E-state index in [1.54, 1.807) is 11.3 Å². The number of fused-ring (bicyclic) bond motifs is 1. The fourth-order valence-electron chi connectivity index (χ4n) is 3.87. The van der Waals surface area contributed by atoms with Crippen LogP contribution in [0.15, 0.2) is 53.2 Å². The highest BCUT2D eigenvalue weighted by Gasteiger charge is 2.31. The Balaban J connectivity index is 1.43. The summed E-state index contributed by atoms with van der Waals surface area (Å²) >= 11 is 1.63. The van der Waals surface area contributed by atoms with Crippen molar-refractivity contribution in [3.05, 3.63) is 53.8 Å². The fourth-order valence-corrected chi connectivity index (χ4v) is 4.57. The molecule has 1 aliphatic rings. The number of carbonyl (C=O) groups is 1. The zero-order valence-corrected chi connectivity index (χ0v) is 19.9. The van der Waals surface area contributed by atoms with E-state index in [9.17, 15) is 4.79 Å². The predicted octanol–water partition coefficient (Wildman–Crippen LogP) is 6.14. The molecule has 3 heterocycles. The molecule has 1 saturated heterocycles. The molecule has 2 aromatic heterocycles. The number of rotatable bonds is 6. The standard InChI is InChI=1S/C25H30N4O2S/c1-17(2)16-31-25(30)29-11-5-6-23(29)19(4)26-14-18(3)20-7-9-21(10-8-20)22-15-28-12-13-32-24(28)27-22/h7-10,12-15,17,23H,5-6,11,16H2,1-4H3/b18-14+,26-19?. The molecule has 3 aromatic rings. The van der Waals surface area contributed by atoms with Crippen LogP contribution >= 0.6 is 11.3 Å². The van der Waals surface area contributed by atoms with Crippen molar-refractivity contribution in [2.24, 2.45) is 10.9 Å². The highest BCUT2D eigenvalue weighted by atomic mass is 32.1. The molecule has 1 amide bonds. The topological polar surface area (TPSA) is 59.2 Å². The molecule has 7 heteroatoms. The molecule has 1 unspecified atom stereocenters. The van der Waals surface area contributed by atoms with E-state index in [4.69, 9.17) is 9.73 Å². The van der Waals surface area contributed by atoms with Gasteiger partial charge in [-0.3, -0.25) is 14.3 Å². The minimum Gasteiger partial charge on any atom is -0.449 e. The highest BCUT2D eigenvalue weighted by molar-refractivity contribution is 7.15. The number of amides is 1. The molecule has 0 saturated carbocycles. The third-order valence-electron chi connectivity index (χ3n) is 5.70. The van der Waals surface area contributed by atoms with E-state index in [1.165, 1.54) is 0 Å². The molecule has 1 aromatic carbocycles. The summed E-state index contributed by atoms with van der Waals surface area (Å²) in [6.45, 7) is 9.31. The summed E-state index contributed by atoms with van der Waals surface area (Å²) in [7, 11) is 0. The quantitative estimate of drug-likeness (QED) is 0.424. The Morgan fingerprint density at radius 3 is 2.81 bits per heavy atom. The Morgan fingerprint density at radius 1 is 1.31 bits per heavy atom. The molecule has 32 heavy (non-hydrogen) atoms. The Hall–Kier alpha value is -2.93. The maximum atomic E-state index is 12.4. The summed E-state index contributed by atoms with van der Waals surface area (Å²) in [6, 6.07) is 8.41. The van der Waals surface area contributed by atoms with Crippen LogP contribution in [0.1, 0.15) is 46.1 Å². The number of hydrogen-bond acceptors (Lipinski definition) is 5. The molecule has 168 valence electrons. The largest absolute Gasteiger partial charge is 0.449 e. The predicted molar refractivity (Wildman–Crippen MR) is 131 cm³/mol. The lowest BCUT2D eigenvalue weighted by molar-refractivity contribution is 0.0948. The number of nitrogens with zero attached hydrogens (tertiary/aromatic N) is 4. The maximum Gasteiger partial charge on any atom is 0.410 e. The number of allylic oxidation sites excluding steroid dienone is 1. The van der Waals surface area contributed by atoms with E-state index < -0.39 is 0 Å². The van der Waals surface area contributed by atoms with Crippen LogP contribution in [-0.2, 0) is 4.74 Å². The summed E-state index contributed by atoms with van der Waals surface area (Å²) < 4.78 is 7.48. The van der Waals surface area contributed by atoms with Crippen LogP contribution in [0.25, 0.3) is 21.8 Å². The second-order valence-electron chi connectivity index (χ2n) is 8.70. The van der Waals surface area contributed by atoms with E-state index in [2.05, 4.69) is 42.4 Å². The molecular weight excluding hydrogens is 420 g/mol. The van der Waals surface area contributed by atoms with Gasteiger partial charge in [0.05, 0.1) is 18.3 Å². The minimum atomic E-state index is -0.230. The summed E-state index contributed by atoms with van der Waals surface area (Å²) in [6.07, 6.45) is 7.64. The van der Waals surface area contributed by atoms with E-state index in [-0.39, 0.29) is 12.1 Å². The fraction of sp³-hybridized carbons (Fsp3) is 0.400. The Bertz CT molecular complexity index is 1110. The maximum absolute atomic E-state index is 12.4. The Morgan fingerprint density at radius 2 is 2.09 bits per heavy atom. The third-order valence-corrected chi connectivity index (χ3v) is 6.47. The van der Waals surface area contributed by atoms with Crippen LogP contribution in [0.2, 0.25) is 0 Å². The normalized spacial score (nSPS) is 17.5. The average Bonchev–Trinajstić information content (AvgIpc) is 3.52. The number of imidazole rings is 1. The van der Waals surface area contributed by atoms with Gasteiger partial charge in [-0.2, -0.15) is 0 Å². The van der Waals surface area contributed by atoms with Crippen LogP contribution < -0.4 is 0 Å². The highest BCUT2D eigenvalue weighted by Crippen LogP contribution is 2.24. The number of thiazole rings is 1.